The molecular formula is C4H7IO. The zero-order chi connectivity index (χ0) is 4.83. The molecule has 1 nitrogen and oxygen atoms in total. The average Bonchev–Trinajstić information content (AvgIpc) is 1.61. The highest BCUT2D eigenvalue weighted by Crippen LogP contribution is 1.87. The van der Waals surface area contributed by atoms with Crippen molar-refractivity contribution in [1.82, 2.24) is 0 Å². The molecule has 0 spiro atoms. The molecule has 2 heteroatoms. The van der Waals surface area contributed by atoms with Crippen LogP contribution in [-0.4, -0.2) is 9.53 Å². The molecule has 0 aromatic rings. The van der Waals surface area contributed by atoms with Gasteiger partial charge in [-0.1, -0.05) is 22.6 Å². The van der Waals surface area contributed by atoms with Crippen molar-refractivity contribution in [2.45, 2.75) is 6.42 Å². The van der Waals surface area contributed by atoms with Gasteiger partial charge in [-0.15, -0.1) is 0 Å². The van der Waals surface area contributed by atoms with Gasteiger partial charge in [0.1, 0.15) is 0 Å². The quantitative estimate of drug-likeness (QED) is 0.408. The first-order chi connectivity index (χ1) is 2.91. The number of hydrogen-bond donors (Lipinski definition) is 1. The van der Waals surface area contributed by atoms with Crippen LogP contribution in [0.3, 0.4) is 0 Å². The summed E-state index contributed by atoms with van der Waals surface area (Å²) < 4.78 is 1.08. The van der Waals surface area contributed by atoms with E-state index in [0.717, 1.165) is 17.1 Å². The van der Waals surface area contributed by atoms with Crippen molar-refractivity contribution in [3.8, 4) is 0 Å². The number of halogens is 1. The fourth-order valence-electron chi connectivity index (χ4n) is 0.138. The highest BCUT2D eigenvalue weighted by Gasteiger charge is 1.67. The van der Waals surface area contributed by atoms with E-state index in [4.69, 9.17) is 5.11 Å². The molecule has 0 fully saturated rings. The molecule has 0 rings (SSSR count). The maximum atomic E-state index is 8.01. The predicted molar refractivity (Wildman–Crippen MR) is 35.3 cm³/mol. The maximum Gasteiger partial charge on any atom is 0.0752 e. The monoisotopic (exact) mass is 198 g/mol. The minimum Gasteiger partial charge on any atom is -0.516 e. The van der Waals surface area contributed by atoms with E-state index < -0.39 is 0 Å². The van der Waals surface area contributed by atoms with E-state index in [1.54, 1.807) is 6.08 Å². The Morgan fingerprint density at radius 1 is 1.67 bits per heavy atom. The lowest BCUT2D eigenvalue weighted by Crippen LogP contribution is -1.62. The second-order valence-electron chi connectivity index (χ2n) is 0.862. The molecule has 0 unspecified atom stereocenters. The first kappa shape index (κ1) is 6.27. The predicted octanol–water partition coefficient (Wildman–Crippen LogP) is 1.88. The second-order valence-corrected chi connectivity index (χ2v) is 1.94. The molecule has 6 heavy (non-hydrogen) atoms. The van der Waals surface area contributed by atoms with Crippen LogP contribution in [0.25, 0.3) is 0 Å². The van der Waals surface area contributed by atoms with Gasteiger partial charge in [-0.25, -0.2) is 0 Å². The number of alkyl halides is 1. The third-order valence-corrected chi connectivity index (χ3v) is 1.00. The van der Waals surface area contributed by atoms with Gasteiger partial charge in [-0.05, 0) is 12.5 Å². The van der Waals surface area contributed by atoms with Crippen LogP contribution in [0.5, 0.6) is 0 Å². The van der Waals surface area contributed by atoms with E-state index in [2.05, 4.69) is 22.6 Å². The van der Waals surface area contributed by atoms with Crippen molar-refractivity contribution in [1.29, 1.82) is 0 Å². The second kappa shape index (κ2) is 5.27. The Morgan fingerprint density at radius 3 is 2.50 bits per heavy atom. The summed E-state index contributed by atoms with van der Waals surface area (Å²) >= 11 is 2.25. The number of aliphatic hydroxyl groups excluding tert-OH is 1. The molecular weight excluding hydrogens is 191 g/mol. The lowest BCUT2D eigenvalue weighted by atomic mass is 10.5. The largest absolute Gasteiger partial charge is 0.516 e. The zero-order valence-corrected chi connectivity index (χ0v) is 5.55. The summed E-state index contributed by atoms with van der Waals surface area (Å²) in [7, 11) is 0. The Morgan fingerprint density at radius 2 is 2.33 bits per heavy atom. The maximum absolute atomic E-state index is 8.01. The van der Waals surface area contributed by atoms with E-state index in [-0.39, 0.29) is 0 Å². The van der Waals surface area contributed by atoms with Crippen LogP contribution in [0.15, 0.2) is 12.3 Å². The van der Waals surface area contributed by atoms with Crippen LogP contribution >= 0.6 is 22.6 Å². The van der Waals surface area contributed by atoms with Crippen LogP contribution in [0, 0.1) is 0 Å². The smallest absolute Gasteiger partial charge is 0.0752 e. The van der Waals surface area contributed by atoms with Gasteiger partial charge in [0.05, 0.1) is 6.26 Å². The summed E-state index contributed by atoms with van der Waals surface area (Å²) in [5.41, 5.74) is 0. The van der Waals surface area contributed by atoms with Crippen molar-refractivity contribution >= 4 is 22.6 Å². The molecule has 0 aliphatic rings. The lowest BCUT2D eigenvalue weighted by Gasteiger charge is -1.74. The highest BCUT2D eigenvalue weighted by molar-refractivity contribution is 14.1. The van der Waals surface area contributed by atoms with Crippen LogP contribution in [0.4, 0.5) is 0 Å². The molecule has 0 amide bonds. The lowest BCUT2D eigenvalue weighted by molar-refractivity contribution is 0.471. The minimum absolute atomic E-state index is 0.969. The topological polar surface area (TPSA) is 20.2 Å². The zero-order valence-electron chi connectivity index (χ0n) is 3.39. The van der Waals surface area contributed by atoms with Crippen LogP contribution < -0.4 is 0 Å². The summed E-state index contributed by atoms with van der Waals surface area (Å²) in [5, 5.41) is 8.01. The molecule has 1 N–H and O–H groups in total. The van der Waals surface area contributed by atoms with Crippen molar-refractivity contribution in [3.05, 3.63) is 12.3 Å². The fraction of sp³-hybridized carbons (Fsp3) is 0.500. The number of rotatable bonds is 2. The molecule has 0 heterocycles. The Hall–Kier alpha value is 0.270. The van der Waals surface area contributed by atoms with Gasteiger partial charge < -0.3 is 5.11 Å². The Labute approximate surface area is 51.2 Å². The molecule has 36 valence electrons. The first-order valence-corrected chi connectivity index (χ1v) is 3.29. The highest BCUT2D eigenvalue weighted by atomic mass is 127. The number of allylic oxidation sites excluding steroid dienone is 1. The van der Waals surface area contributed by atoms with Gasteiger partial charge in [0.25, 0.3) is 0 Å². The van der Waals surface area contributed by atoms with Crippen LogP contribution in [-0.2, 0) is 0 Å². The first-order valence-electron chi connectivity index (χ1n) is 1.77. The number of aliphatic hydroxyl groups is 1. The van der Waals surface area contributed by atoms with Gasteiger partial charge >= 0.3 is 0 Å². The molecule has 0 aliphatic carbocycles. The van der Waals surface area contributed by atoms with Gasteiger partial charge in [-0.3, -0.25) is 0 Å². The molecule has 0 atom stereocenters. The van der Waals surface area contributed by atoms with Crippen molar-refractivity contribution < 1.29 is 5.11 Å². The molecule has 0 aromatic heterocycles. The average molecular weight is 198 g/mol. The van der Waals surface area contributed by atoms with Crippen molar-refractivity contribution in [2.75, 3.05) is 4.43 Å². The summed E-state index contributed by atoms with van der Waals surface area (Å²) in [6, 6.07) is 0. The Kier molecular flexibility index (Phi) is 5.51. The molecule has 0 radical (unpaired) electrons. The third kappa shape index (κ3) is 4.27. The van der Waals surface area contributed by atoms with Gasteiger partial charge in [0, 0.05) is 4.43 Å². The van der Waals surface area contributed by atoms with Crippen LogP contribution in [0.2, 0.25) is 0 Å². The molecule has 0 saturated heterocycles. The van der Waals surface area contributed by atoms with E-state index in [9.17, 15) is 0 Å². The number of hydrogen-bond acceptors (Lipinski definition) is 1. The fourth-order valence-corrected chi connectivity index (χ4v) is 0.497. The molecule has 0 bridgehead atoms. The van der Waals surface area contributed by atoms with Crippen LogP contribution in [0.1, 0.15) is 6.42 Å². The Balaban J connectivity index is 2.66. The van der Waals surface area contributed by atoms with E-state index in [1.165, 1.54) is 0 Å². The van der Waals surface area contributed by atoms with Gasteiger partial charge in [-0.2, -0.15) is 0 Å². The summed E-state index contributed by atoms with van der Waals surface area (Å²) in [6.07, 6.45) is 3.78. The normalized spacial score (nSPS) is 10.2. The van der Waals surface area contributed by atoms with Crippen molar-refractivity contribution in [2.24, 2.45) is 0 Å². The SMILES string of the molecule is OC=CCCI. The van der Waals surface area contributed by atoms with E-state index >= 15 is 0 Å². The molecule has 0 aromatic carbocycles. The molecule has 0 aliphatic heterocycles. The van der Waals surface area contributed by atoms with Gasteiger partial charge in [0.15, 0.2) is 0 Å². The van der Waals surface area contributed by atoms with E-state index in [1.807, 2.05) is 0 Å². The van der Waals surface area contributed by atoms with E-state index in [0.29, 0.717) is 0 Å². The van der Waals surface area contributed by atoms with Gasteiger partial charge in [0.2, 0.25) is 0 Å². The minimum atomic E-state index is 0.969. The summed E-state index contributed by atoms with van der Waals surface area (Å²) in [6.45, 7) is 0. The summed E-state index contributed by atoms with van der Waals surface area (Å²) in [4.78, 5) is 0. The van der Waals surface area contributed by atoms with Crippen molar-refractivity contribution in [3.63, 3.8) is 0 Å². The third-order valence-electron chi connectivity index (χ3n) is 0.381. The Bertz CT molecular complexity index is 42.8. The molecule has 0 saturated carbocycles. The summed E-state index contributed by atoms with van der Waals surface area (Å²) in [5.74, 6) is 0. The standard InChI is InChI=1S/C4H7IO/c5-3-1-2-4-6/h2,4,6H,1,3H2.